The molecule has 2 aliphatic rings. The number of piperazine rings is 1. The second-order valence-corrected chi connectivity index (χ2v) is 12.2. The highest BCUT2D eigenvalue weighted by molar-refractivity contribution is 6.38. The van der Waals surface area contributed by atoms with Gasteiger partial charge in [-0.05, 0) is 69.9 Å². The Kier molecular flexibility index (Phi) is 9.55. The largest absolute Gasteiger partial charge is 0.573 e. The molecule has 1 aliphatic carbocycles. The zero-order valence-corrected chi connectivity index (χ0v) is 26.6. The normalized spacial score (nSPS) is 18.9. The van der Waals surface area contributed by atoms with E-state index in [0.29, 0.717) is 29.7 Å². The lowest BCUT2D eigenvalue weighted by Crippen LogP contribution is -2.58. The van der Waals surface area contributed by atoms with Gasteiger partial charge in [-0.3, -0.25) is 19.3 Å². The minimum Gasteiger partial charge on any atom is -0.465 e. The maximum Gasteiger partial charge on any atom is 0.573 e. The molecule has 1 N–H and O–H groups in total. The number of aromatic nitrogens is 1. The van der Waals surface area contributed by atoms with Gasteiger partial charge in [0, 0.05) is 44.0 Å². The molecular formula is C32H35ClF4N4O5. The third kappa shape index (κ3) is 7.10. The average Bonchev–Trinajstić information content (AvgIpc) is 3.80. The smallest absolute Gasteiger partial charge is 0.465 e. The number of hydrogen-bond donors (Lipinski definition) is 1. The van der Waals surface area contributed by atoms with Crippen molar-refractivity contribution in [3.05, 3.63) is 68.2 Å². The first-order chi connectivity index (χ1) is 21.7. The molecule has 2 heterocycles. The number of nitrogens with one attached hydrogen (secondary N) is 1. The number of nitrogens with zero attached hydrogens (tertiary/aromatic N) is 3. The van der Waals surface area contributed by atoms with Crippen LogP contribution in [0.3, 0.4) is 0 Å². The Hall–Kier alpha value is -3.84. The fourth-order valence-corrected chi connectivity index (χ4v) is 6.47. The van der Waals surface area contributed by atoms with Crippen LogP contribution in [-0.2, 0) is 16.1 Å². The van der Waals surface area contributed by atoms with E-state index in [-0.39, 0.29) is 71.2 Å². The van der Waals surface area contributed by atoms with Gasteiger partial charge in [0.05, 0.1) is 34.8 Å². The van der Waals surface area contributed by atoms with Gasteiger partial charge in [-0.25, -0.2) is 4.39 Å². The summed E-state index contributed by atoms with van der Waals surface area (Å²) in [6.45, 7) is 8.27. The van der Waals surface area contributed by atoms with Crippen molar-refractivity contribution in [2.45, 2.75) is 71.6 Å². The summed E-state index contributed by atoms with van der Waals surface area (Å²) in [5.74, 6) is -2.13. The van der Waals surface area contributed by atoms with E-state index >= 15 is 4.39 Å². The zero-order valence-electron chi connectivity index (χ0n) is 25.8. The Morgan fingerprint density at radius 3 is 2.37 bits per heavy atom. The van der Waals surface area contributed by atoms with Gasteiger partial charge in [0.1, 0.15) is 17.1 Å². The van der Waals surface area contributed by atoms with Crippen LogP contribution < -0.4 is 20.4 Å². The number of fused-ring (bicyclic) bond motifs is 1. The molecule has 46 heavy (non-hydrogen) atoms. The Balaban J connectivity index is 1.43. The van der Waals surface area contributed by atoms with E-state index in [4.69, 9.17) is 16.3 Å². The molecule has 2 aromatic carbocycles. The van der Waals surface area contributed by atoms with E-state index in [1.54, 1.807) is 18.4 Å². The molecule has 2 fully saturated rings. The standard InChI is InChI=1S/C32H35ClF4N4O5/c1-5-45-26(42)16-40-18(3)13-39(14-19(40)4)29-25(34)11-23-28(27(29)33)41(21-7-8-21)15-24(30(23)43)31(44)38-12-20-6-9-22(10-17(20)2)46-32(35,36)37/h6,9-11,15,18-19,21H,5,7-8,12-14,16H2,1-4H3,(H,38,44)/t18-,19+. The second-order valence-electron chi connectivity index (χ2n) is 11.8. The van der Waals surface area contributed by atoms with Crippen LogP contribution in [0.15, 0.2) is 35.3 Å². The number of hydrogen-bond acceptors (Lipinski definition) is 7. The number of pyridine rings is 1. The molecule has 248 valence electrons. The van der Waals surface area contributed by atoms with Crippen LogP contribution in [-0.4, -0.2) is 66.0 Å². The van der Waals surface area contributed by atoms with E-state index in [1.165, 1.54) is 18.3 Å². The summed E-state index contributed by atoms with van der Waals surface area (Å²) in [5, 5.41) is 2.70. The molecular weight excluding hydrogens is 632 g/mol. The van der Waals surface area contributed by atoms with Crippen LogP contribution in [0.2, 0.25) is 5.02 Å². The van der Waals surface area contributed by atoms with Gasteiger partial charge >= 0.3 is 12.3 Å². The Morgan fingerprint density at radius 1 is 1.11 bits per heavy atom. The molecule has 14 heteroatoms. The van der Waals surface area contributed by atoms with Crippen molar-refractivity contribution in [2.24, 2.45) is 0 Å². The van der Waals surface area contributed by atoms with Crippen LogP contribution >= 0.6 is 11.6 Å². The van der Waals surface area contributed by atoms with Crippen molar-refractivity contribution >= 4 is 40.1 Å². The van der Waals surface area contributed by atoms with Gasteiger partial charge in [0.25, 0.3) is 5.91 Å². The van der Waals surface area contributed by atoms with Gasteiger partial charge in [0.15, 0.2) is 0 Å². The molecule has 3 aromatic rings. The van der Waals surface area contributed by atoms with Crippen molar-refractivity contribution in [3.63, 3.8) is 0 Å². The van der Waals surface area contributed by atoms with Gasteiger partial charge in [-0.15, -0.1) is 13.2 Å². The van der Waals surface area contributed by atoms with Crippen LogP contribution in [0, 0.1) is 12.7 Å². The number of alkyl halides is 3. The van der Waals surface area contributed by atoms with E-state index < -0.39 is 23.5 Å². The lowest BCUT2D eigenvalue weighted by molar-refractivity contribution is -0.274. The molecule has 1 saturated heterocycles. The topological polar surface area (TPSA) is 93.1 Å². The molecule has 1 aromatic heterocycles. The lowest BCUT2D eigenvalue weighted by atomic mass is 10.0. The monoisotopic (exact) mass is 666 g/mol. The first-order valence-corrected chi connectivity index (χ1v) is 15.4. The highest BCUT2D eigenvalue weighted by Crippen LogP contribution is 2.42. The highest BCUT2D eigenvalue weighted by Gasteiger charge is 2.35. The molecule has 0 spiro atoms. The highest BCUT2D eigenvalue weighted by atomic mass is 35.5. The summed E-state index contributed by atoms with van der Waals surface area (Å²) in [7, 11) is 0. The van der Waals surface area contributed by atoms with Crippen molar-refractivity contribution in [1.29, 1.82) is 0 Å². The summed E-state index contributed by atoms with van der Waals surface area (Å²) in [5.41, 5.74) is 0.574. The number of amides is 1. The van der Waals surface area contributed by atoms with Crippen molar-refractivity contribution in [1.82, 2.24) is 14.8 Å². The van der Waals surface area contributed by atoms with E-state index in [0.717, 1.165) is 25.0 Å². The van der Waals surface area contributed by atoms with Crippen molar-refractivity contribution in [3.8, 4) is 5.75 Å². The maximum atomic E-state index is 15.9. The predicted molar refractivity (Wildman–Crippen MR) is 165 cm³/mol. The van der Waals surface area contributed by atoms with Gasteiger partial charge in [-0.2, -0.15) is 0 Å². The third-order valence-electron chi connectivity index (χ3n) is 8.39. The number of ether oxygens (including phenoxy) is 2. The Labute approximate surface area is 268 Å². The number of halogens is 5. The quantitative estimate of drug-likeness (QED) is 0.231. The lowest BCUT2D eigenvalue weighted by Gasteiger charge is -2.45. The summed E-state index contributed by atoms with van der Waals surface area (Å²) in [4.78, 5) is 42.9. The maximum absolute atomic E-state index is 15.9. The fourth-order valence-electron chi connectivity index (χ4n) is 6.06. The third-order valence-corrected chi connectivity index (χ3v) is 8.75. The van der Waals surface area contributed by atoms with Crippen molar-refractivity contribution in [2.75, 3.05) is 31.1 Å². The molecule has 0 radical (unpaired) electrons. The number of benzene rings is 2. The summed E-state index contributed by atoms with van der Waals surface area (Å²) >= 11 is 6.92. The molecule has 5 rings (SSSR count). The minimum absolute atomic E-state index is 0.0299. The van der Waals surface area contributed by atoms with E-state index in [2.05, 4.69) is 10.1 Å². The average molecular weight is 667 g/mol. The predicted octanol–water partition coefficient (Wildman–Crippen LogP) is 5.73. The number of esters is 1. The summed E-state index contributed by atoms with van der Waals surface area (Å²) < 4.78 is 64.4. The van der Waals surface area contributed by atoms with Crippen LogP contribution in [0.1, 0.15) is 61.1 Å². The number of aryl methyl sites for hydroxylation is 1. The first-order valence-electron chi connectivity index (χ1n) is 15.0. The molecule has 2 atom stereocenters. The number of rotatable bonds is 9. The second kappa shape index (κ2) is 13.1. The first kappa shape index (κ1) is 33.5. The number of anilines is 1. The van der Waals surface area contributed by atoms with Gasteiger partial charge in [-0.1, -0.05) is 17.7 Å². The fraction of sp³-hybridized carbons (Fsp3) is 0.469. The van der Waals surface area contributed by atoms with E-state index in [9.17, 15) is 27.6 Å². The molecule has 0 unspecified atom stereocenters. The van der Waals surface area contributed by atoms with Crippen LogP contribution in [0.5, 0.6) is 5.75 Å². The SMILES string of the molecule is CCOC(=O)CN1[C@H](C)CN(c2c(F)cc3c(=O)c(C(=O)NCc4ccc(OC(F)(F)F)cc4C)cn(C4CC4)c3c2Cl)C[C@@H]1C. The Bertz CT molecular complexity index is 1710. The van der Waals surface area contributed by atoms with Crippen molar-refractivity contribution < 1.29 is 36.6 Å². The molecule has 1 amide bonds. The molecule has 1 saturated carbocycles. The zero-order chi connectivity index (χ0) is 33.5. The van der Waals surface area contributed by atoms with E-state index in [1.807, 2.05) is 23.6 Å². The van der Waals surface area contributed by atoms with Crippen LogP contribution in [0.25, 0.3) is 10.9 Å². The van der Waals surface area contributed by atoms with Gasteiger partial charge < -0.3 is 24.3 Å². The molecule has 0 bridgehead atoms. The summed E-state index contributed by atoms with van der Waals surface area (Å²) in [6.07, 6.45) is -1.82. The summed E-state index contributed by atoms with van der Waals surface area (Å²) in [6, 6.07) is 4.57. The van der Waals surface area contributed by atoms with Crippen LogP contribution in [0.4, 0.5) is 23.2 Å². The minimum atomic E-state index is -4.83. The molecule has 1 aliphatic heterocycles. The molecule has 9 nitrogen and oxygen atoms in total. The Morgan fingerprint density at radius 2 is 1.78 bits per heavy atom. The number of carbonyl (C=O) groups excluding carboxylic acids is 2. The van der Waals surface area contributed by atoms with Gasteiger partial charge in [0.2, 0.25) is 5.43 Å². The number of carbonyl (C=O) groups is 2.